The Hall–Kier alpha value is -0.630. The topological polar surface area (TPSA) is 69.6 Å². The standard InChI is InChI=1S/C12H19BrN2O3S/c1-9-7-11(13)8-10(2)12(9)14-19(17,18)15(3)5-4-6-16/h7-8,14,16H,4-6H2,1-3H3. The summed E-state index contributed by atoms with van der Waals surface area (Å²) >= 11 is 3.37. The number of aryl methyl sites for hydroxylation is 2. The van der Waals surface area contributed by atoms with Crippen molar-refractivity contribution >= 4 is 31.8 Å². The minimum absolute atomic E-state index is 0.0315. The molecular formula is C12H19BrN2O3S. The van der Waals surface area contributed by atoms with E-state index in [0.717, 1.165) is 15.6 Å². The third kappa shape index (κ3) is 4.45. The molecule has 0 heterocycles. The molecule has 1 aromatic carbocycles. The van der Waals surface area contributed by atoms with Crippen LogP contribution in [0.3, 0.4) is 0 Å². The van der Waals surface area contributed by atoms with Crippen molar-refractivity contribution in [2.75, 3.05) is 24.9 Å². The molecule has 0 saturated carbocycles. The summed E-state index contributed by atoms with van der Waals surface area (Å²) in [7, 11) is -2.10. The maximum Gasteiger partial charge on any atom is 0.301 e. The molecule has 0 amide bonds. The van der Waals surface area contributed by atoms with Crippen molar-refractivity contribution in [3.63, 3.8) is 0 Å². The first-order valence-corrected chi connectivity index (χ1v) is 8.13. The summed E-state index contributed by atoms with van der Waals surface area (Å²) in [5.74, 6) is 0. The van der Waals surface area contributed by atoms with Gasteiger partial charge in [0.25, 0.3) is 0 Å². The lowest BCUT2D eigenvalue weighted by molar-refractivity contribution is 0.276. The fourth-order valence-corrected chi connectivity index (χ4v) is 3.48. The predicted molar refractivity (Wildman–Crippen MR) is 80.5 cm³/mol. The second kappa shape index (κ2) is 6.69. The number of anilines is 1. The van der Waals surface area contributed by atoms with Crippen molar-refractivity contribution in [1.82, 2.24) is 4.31 Å². The zero-order valence-electron chi connectivity index (χ0n) is 11.3. The van der Waals surface area contributed by atoms with Crippen LogP contribution in [0.25, 0.3) is 0 Å². The molecule has 1 rings (SSSR count). The summed E-state index contributed by atoms with van der Waals surface area (Å²) in [6.07, 6.45) is 0.412. The lowest BCUT2D eigenvalue weighted by Gasteiger charge is -2.20. The third-order valence-electron chi connectivity index (χ3n) is 2.77. The number of halogens is 1. The van der Waals surface area contributed by atoms with E-state index in [2.05, 4.69) is 20.7 Å². The smallest absolute Gasteiger partial charge is 0.301 e. The summed E-state index contributed by atoms with van der Waals surface area (Å²) in [5, 5.41) is 8.74. The first kappa shape index (κ1) is 16.4. The quantitative estimate of drug-likeness (QED) is 0.824. The molecule has 0 radical (unpaired) electrons. The zero-order chi connectivity index (χ0) is 14.6. The SMILES string of the molecule is Cc1cc(Br)cc(C)c1NS(=O)(=O)N(C)CCCO. The Morgan fingerprint density at radius 2 is 1.84 bits per heavy atom. The van der Waals surface area contributed by atoms with Gasteiger partial charge < -0.3 is 5.11 Å². The minimum atomic E-state index is -3.59. The van der Waals surface area contributed by atoms with Crippen LogP contribution < -0.4 is 4.72 Å². The van der Waals surface area contributed by atoms with Crippen molar-refractivity contribution in [3.05, 3.63) is 27.7 Å². The van der Waals surface area contributed by atoms with E-state index < -0.39 is 10.2 Å². The molecular weight excluding hydrogens is 332 g/mol. The van der Waals surface area contributed by atoms with E-state index in [1.807, 2.05) is 26.0 Å². The summed E-state index contributed by atoms with van der Waals surface area (Å²) < 4.78 is 28.9. The van der Waals surface area contributed by atoms with E-state index in [1.54, 1.807) is 0 Å². The van der Waals surface area contributed by atoms with E-state index in [9.17, 15) is 8.42 Å². The predicted octanol–water partition coefficient (Wildman–Crippen LogP) is 2.04. The van der Waals surface area contributed by atoms with E-state index in [4.69, 9.17) is 5.11 Å². The molecule has 0 unspecified atom stereocenters. The van der Waals surface area contributed by atoms with Crippen molar-refractivity contribution in [1.29, 1.82) is 0 Å². The molecule has 0 aliphatic heterocycles. The lowest BCUT2D eigenvalue weighted by atomic mass is 10.1. The highest BCUT2D eigenvalue weighted by Gasteiger charge is 2.19. The molecule has 0 aromatic heterocycles. The lowest BCUT2D eigenvalue weighted by Crippen LogP contribution is -2.34. The van der Waals surface area contributed by atoms with Crippen LogP contribution in [-0.4, -0.2) is 38.0 Å². The summed E-state index contributed by atoms with van der Waals surface area (Å²) in [6.45, 7) is 3.95. The fourth-order valence-electron chi connectivity index (χ4n) is 1.69. The van der Waals surface area contributed by atoms with Gasteiger partial charge >= 0.3 is 10.2 Å². The largest absolute Gasteiger partial charge is 0.396 e. The number of hydrogen-bond donors (Lipinski definition) is 2. The molecule has 108 valence electrons. The molecule has 0 bridgehead atoms. The van der Waals surface area contributed by atoms with Crippen LogP contribution in [0.15, 0.2) is 16.6 Å². The Morgan fingerprint density at radius 3 is 2.32 bits per heavy atom. The molecule has 7 heteroatoms. The average molecular weight is 351 g/mol. The van der Waals surface area contributed by atoms with Crippen molar-refractivity contribution in [2.24, 2.45) is 0 Å². The van der Waals surface area contributed by atoms with Crippen LogP contribution in [0, 0.1) is 13.8 Å². The van der Waals surface area contributed by atoms with Crippen LogP contribution in [0.1, 0.15) is 17.5 Å². The number of hydrogen-bond acceptors (Lipinski definition) is 3. The van der Waals surface area contributed by atoms with Gasteiger partial charge in [0, 0.05) is 24.7 Å². The Balaban J connectivity index is 2.96. The van der Waals surface area contributed by atoms with Crippen molar-refractivity contribution < 1.29 is 13.5 Å². The van der Waals surface area contributed by atoms with E-state index in [-0.39, 0.29) is 13.2 Å². The normalized spacial score (nSPS) is 11.9. The van der Waals surface area contributed by atoms with Crippen LogP contribution in [0.2, 0.25) is 0 Å². The molecule has 0 fully saturated rings. The van der Waals surface area contributed by atoms with Gasteiger partial charge in [-0.1, -0.05) is 15.9 Å². The number of aliphatic hydroxyl groups is 1. The van der Waals surface area contributed by atoms with Gasteiger partial charge in [-0.3, -0.25) is 4.72 Å². The van der Waals surface area contributed by atoms with Crippen LogP contribution in [0.5, 0.6) is 0 Å². The first-order chi connectivity index (χ1) is 8.77. The molecule has 0 aliphatic rings. The Bertz CT molecular complexity index is 523. The molecule has 1 aromatic rings. The number of aliphatic hydroxyl groups excluding tert-OH is 1. The Kier molecular flexibility index (Phi) is 5.79. The summed E-state index contributed by atoms with van der Waals surface area (Å²) in [6, 6.07) is 3.72. The van der Waals surface area contributed by atoms with Gasteiger partial charge in [0.1, 0.15) is 0 Å². The number of rotatable bonds is 6. The molecule has 0 saturated heterocycles. The molecule has 19 heavy (non-hydrogen) atoms. The van der Waals surface area contributed by atoms with Crippen molar-refractivity contribution in [2.45, 2.75) is 20.3 Å². The highest BCUT2D eigenvalue weighted by Crippen LogP contribution is 2.26. The van der Waals surface area contributed by atoms with E-state index >= 15 is 0 Å². The van der Waals surface area contributed by atoms with Gasteiger partial charge in [0.05, 0.1) is 5.69 Å². The minimum Gasteiger partial charge on any atom is -0.396 e. The van der Waals surface area contributed by atoms with Crippen molar-refractivity contribution in [3.8, 4) is 0 Å². The van der Waals surface area contributed by atoms with Gasteiger partial charge in [0.15, 0.2) is 0 Å². The number of benzene rings is 1. The van der Waals surface area contributed by atoms with Gasteiger partial charge in [0.2, 0.25) is 0 Å². The monoisotopic (exact) mass is 350 g/mol. The van der Waals surface area contributed by atoms with Gasteiger partial charge in [-0.25, -0.2) is 0 Å². The van der Waals surface area contributed by atoms with E-state index in [0.29, 0.717) is 12.1 Å². The first-order valence-electron chi connectivity index (χ1n) is 5.89. The van der Waals surface area contributed by atoms with Gasteiger partial charge in [-0.05, 0) is 43.5 Å². The zero-order valence-corrected chi connectivity index (χ0v) is 13.7. The second-order valence-corrected chi connectivity index (χ2v) is 7.11. The number of nitrogens with one attached hydrogen (secondary N) is 1. The molecule has 5 nitrogen and oxygen atoms in total. The second-order valence-electron chi connectivity index (χ2n) is 4.42. The maximum absolute atomic E-state index is 12.1. The van der Waals surface area contributed by atoms with E-state index in [1.165, 1.54) is 11.4 Å². The fraction of sp³-hybridized carbons (Fsp3) is 0.500. The third-order valence-corrected chi connectivity index (χ3v) is 4.69. The summed E-state index contributed by atoms with van der Waals surface area (Å²) in [5.41, 5.74) is 2.30. The molecule has 2 N–H and O–H groups in total. The van der Waals surface area contributed by atoms with Gasteiger partial charge in [-0.2, -0.15) is 12.7 Å². The van der Waals surface area contributed by atoms with Gasteiger partial charge in [-0.15, -0.1) is 0 Å². The van der Waals surface area contributed by atoms with Crippen LogP contribution in [-0.2, 0) is 10.2 Å². The highest BCUT2D eigenvalue weighted by molar-refractivity contribution is 9.10. The van der Waals surface area contributed by atoms with Crippen LogP contribution >= 0.6 is 15.9 Å². The Morgan fingerprint density at radius 1 is 1.32 bits per heavy atom. The molecule has 0 spiro atoms. The number of nitrogens with zero attached hydrogens (tertiary/aromatic N) is 1. The Labute approximate surface area is 122 Å². The summed E-state index contributed by atoms with van der Waals surface area (Å²) in [4.78, 5) is 0. The van der Waals surface area contributed by atoms with Crippen LogP contribution in [0.4, 0.5) is 5.69 Å². The average Bonchev–Trinajstić information content (AvgIpc) is 2.30. The highest BCUT2D eigenvalue weighted by atomic mass is 79.9. The molecule has 0 atom stereocenters. The molecule has 0 aliphatic carbocycles. The maximum atomic E-state index is 12.1.